The van der Waals surface area contributed by atoms with Crippen LogP contribution in [-0.2, 0) is 21.1 Å². The zero-order chi connectivity index (χ0) is 25.4. The standard InChI is InChI=1S/C25H26ClN5O4S/c1-17-3-8-22-28-24-20(25(32)31(22)16-17)15-21(36(33,34)19-6-4-18(26)5-7-19)23(27)30(24)10-2-9-29-11-13-35-14-12-29/h3-8,15-16,27H,2,9-14H2,1H3/p+1. The number of ether oxygens (including phenoxy) is 1. The molecule has 0 saturated carbocycles. The fourth-order valence-electron chi connectivity index (χ4n) is 4.49. The summed E-state index contributed by atoms with van der Waals surface area (Å²) in [5.41, 5.74) is 7.87. The summed E-state index contributed by atoms with van der Waals surface area (Å²) in [6, 6.07) is 10.9. The van der Waals surface area contributed by atoms with Gasteiger partial charge in [-0.2, -0.15) is 0 Å². The summed E-state index contributed by atoms with van der Waals surface area (Å²) in [6.45, 7) is 6.13. The van der Waals surface area contributed by atoms with E-state index < -0.39 is 9.84 Å². The summed E-state index contributed by atoms with van der Waals surface area (Å²) in [5.74, 6) is 0.0442. The first-order chi connectivity index (χ1) is 17.3. The van der Waals surface area contributed by atoms with Crippen LogP contribution in [0.2, 0.25) is 5.02 Å². The molecule has 0 spiro atoms. The molecule has 0 bridgehead atoms. The Hall–Kier alpha value is -3.05. The van der Waals surface area contributed by atoms with Gasteiger partial charge in [-0.1, -0.05) is 22.7 Å². The number of anilines is 1. The molecule has 11 heteroatoms. The van der Waals surface area contributed by atoms with E-state index in [4.69, 9.17) is 27.1 Å². The van der Waals surface area contributed by atoms with Crippen molar-refractivity contribution in [3.05, 3.63) is 69.6 Å². The van der Waals surface area contributed by atoms with Gasteiger partial charge in [0.05, 0.1) is 24.7 Å². The average Bonchev–Trinajstić information content (AvgIpc) is 2.87. The molecule has 1 aliphatic heterocycles. The molecule has 5 rings (SSSR count). The molecule has 3 aromatic heterocycles. The molecule has 4 aromatic rings. The molecule has 0 amide bonds. The predicted octanol–water partition coefficient (Wildman–Crippen LogP) is 2.23. The largest absolute Gasteiger partial charge is 0.379 e. The van der Waals surface area contributed by atoms with Crippen LogP contribution in [0.5, 0.6) is 0 Å². The number of benzene rings is 1. The third kappa shape index (κ3) is 4.57. The van der Waals surface area contributed by atoms with Crippen molar-refractivity contribution in [1.29, 1.82) is 0 Å². The molecule has 1 aromatic carbocycles. The number of nitrogens with zero attached hydrogens (tertiary/aromatic N) is 4. The van der Waals surface area contributed by atoms with Gasteiger partial charge < -0.3 is 10.5 Å². The van der Waals surface area contributed by atoms with Crippen molar-refractivity contribution in [2.24, 2.45) is 0 Å². The number of fused-ring (bicyclic) bond motifs is 2. The second-order valence-electron chi connectivity index (χ2n) is 8.90. The van der Waals surface area contributed by atoms with E-state index in [2.05, 4.69) is 4.90 Å². The molecule has 0 aliphatic carbocycles. The number of morpholine rings is 1. The van der Waals surface area contributed by atoms with E-state index in [1.54, 1.807) is 16.8 Å². The minimum absolute atomic E-state index is 0.0440. The quantitative estimate of drug-likeness (QED) is 0.302. The monoisotopic (exact) mass is 528 g/mol. The van der Waals surface area contributed by atoms with Crippen LogP contribution in [-0.4, -0.2) is 55.6 Å². The van der Waals surface area contributed by atoms with Gasteiger partial charge in [0, 0.05) is 30.9 Å². The fraction of sp³-hybridized carbons (Fsp3) is 0.320. The summed E-state index contributed by atoms with van der Waals surface area (Å²) in [7, 11) is -4.03. The van der Waals surface area contributed by atoms with Gasteiger partial charge >= 0.3 is 0 Å². The van der Waals surface area contributed by atoms with Crippen LogP contribution >= 0.6 is 11.6 Å². The maximum Gasteiger partial charge on any atom is 0.278 e. The van der Waals surface area contributed by atoms with Gasteiger partial charge in [0.2, 0.25) is 21.3 Å². The number of sulfone groups is 1. The van der Waals surface area contributed by atoms with Gasteiger partial charge in [0.15, 0.2) is 0 Å². The number of hydrogen-bond acceptors (Lipinski definition) is 7. The molecule has 0 radical (unpaired) electrons. The highest BCUT2D eigenvalue weighted by atomic mass is 35.5. The van der Waals surface area contributed by atoms with Crippen molar-refractivity contribution in [2.75, 3.05) is 38.6 Å². The van der Waals surface area contributed by atoms with Crippen LogP contribution in [0.25, 0.3) is 16.7 Å². The number of pyridine rings is 2. The molecular weight excluding hydrogens is 502 g/mol. The molecule has 2 N–H and O–H groups in total. The van der Waals surface area contributed by atoms with Gasteiger partial charge in [0.1, 0.15) is 10.3 Å². The smallest absolute Gasteiger partial charge is 0.278 e. The molecule has 1 saturated heterocycles. The highest BCUT2D eigenvalue weighted by molar-refractivity contribution is 7.91. The second kappa shape index (κ2) is 9.78. The SMILES string of the molecule is Cc1ccc2nc3c(cc(S(=O)(=O)c4ccc(Cl)cc4)c(N)[n+]3CCCN3CCOCC3)c(=O)n2c1. The van der Waals surface area contributed by atoms with E-state index in [1.165, 1.54) is 34.7 Å². The van der Waals surface area contributed by atoms with E-state index >= 15 is 0 Å². The lowest BCUT2D eigenvalue weighted by Crippen LogP contribution is -2.44. The topological polar surface area (TPSA) is 111 Å². The van der Waals surface area contributed by atoms with Gasteiger partial charge in [-0.15, -0.1) is 0 Å². The van der Waals surface area contributed by atoms with E-state index in [0.717, 1.165) is 25.2 Å². The Kier molecular flexibility index (Phi) is 6.69. The van der Waals surface area contributed by atoms with Crippen molar-refractivity contribution >= 4 is 43.9 Å². The Bertz CT molecular complexity index is 1610. The van der Waals surface area contributed by atoms with Crippen molar-refractivity contribution in [3.8, 4) is 0 Å². The number of aryl methyl sites for hydroxylation is 2. The Labute approximate surface area is 213 Å². The van der Waals surface area contributed by atoms with Crippen LogP contribution in [0.3, 0.4) is 0 Å². The Morgan fingerprint density at radius 2 is 1.86 bits per heavy atom. The molecule has 36 heavy (non-hydrogen) atoms. The Morgan fingerprint density at radius 1 is 1.14 bits per heavy atom. The lowest BCUT2D eigenvalue weighted by atomic mass is 10.2. The minimum atomic E-state index is -4.03. The first-order valence-corrected chi connectivity index (χ1v) is 13.6. The van der Waals surface area contributed by atoms with Crippen LogP contribution in [0.1, 0.15) is 12.0 Å². The number of hydrogen-bond donors (Lipinski definition) is 1. The van der Waals surface area contributed by atoms with Gasteiger partial charge in [0.25, 0.3) is 11.2 Å². The lowest BCUT2D eigenvalue weighted by molar-refractivity contribution is -0.660. The first-order valence-electron chi connectivity index (χ1n) is 11.7. The van der Waals surface area contributed by atoms with Crippen molar-refractivity contribution < 1.29 is 17.7 Å². The van der Waals surface area contributed by atoms with Gasteiger partial charge in [-0.25, -0.2) is 13.0 Å². The molecule has 0 unspecified atom stereocenters. The maximum absolute atomic E-state index is 13.6. The van der Waals surface area contributed by atoms with Crippen molar-refractivity contribution in [1.82, 2.24) is 14.3 Å². The molecule has 9 nitrogen and oxygen atoms in total. The molecular formula is C25H27ClN5O4S+. The lowest BCUT2D eigenvalue weighted by Gasteiger charge is -2.26. The minimum Gasteiger partial charge on any atom is -0.379 e. The second-order valence-corrected chi connectivity index (χ2v) is 11.3. The number of rotatable bonds is 6. The Balaban J connectivity index is 1.68. The summed E-state index contributed by atoms with van der Waals surface area (Å²) < 4.78 is 35.8. The van der Waals surface area contributed by atoms with Gasteiger partial charge in [-0.05, 0) is 55.3 Å². The van der Waals surface area contributed by atoms with Crippen LogP contribution in [0.15, 0.2) is 63.2 Å². The van der Waals surface area contributed by atoms with Crippen molar-refractivity contribution in [2.45, 2.75) is 29.7 Å². The Morgan fingerprint density at radius 3 is 2.58 bits per heavy atom. The van der Waals surface area contributed by atoms with Crippen LogP contribution in [0.4, 0.5) is 5.82 Å². The maximum atomic E-state index is 13.6. The average molecular weight is 529 g/mol. The zero-order valence-corrected chi connectivity index (χ0v) is 21.4. The van der Waals surface area contributed by atoms with E-state index in [-0.39, 0.29) is 26.6 Å². The molecule has 0 atom stereocenters. The number of nitrogen functional groups attached to an aromatic ring is 1. The highest BCUT2D eigenvalue weighted by Gasteiger charge is 2.29. The number of halogens is 1. The summed E-state index contributed by atoms with van der Waals surface area (Å²) >= 11 is 5.96. The molecule has 1 fully saturated rings. The zero-order valence-electron chi connectivity index (χ0n) is 19.9. The third-order valence-corrected chi connectivity index (χ3v) is 8.48. The van der Waals surface area contributed by atoms with Crippen molar-refractivity contribution in [3.63, 3.8) is 0 Å². The third-order valence-electron chi connectivity index (χ3n) is 6.43. The summed E-state index contributed by atoms with van der Waals surface area (Å²) in [6.07, 6.45) is 2.39. The molecule has 4 heterocycles. The fourth-order valence-corrected chi connectivity index (χ4v) is 6.02. The summed E-state index contributed by atoms with van der Waals surface area (Å²) in [4.78, 5) is 20.4. The van der Waals surface area contributed by atoms with Gasteiger partial charge in [-0.3, -0.25) is 14.1 Å². The molecule has 1 aliphatic rings. The highest BCUT2D eigenvalue weighted by Crippen LogP contribution is 2.27. The number of aromatic nitrogens is 3. The van der Waals surface area contributed by atoms with E-state index in [1.807, 2.05) is 13.0 Å². The van der Waals surface area contributed by atoms with E-state index in [9.17, 15) is 13.2 Å². The van der Waals surface area contributed by atoms with E-state index in [0.29, 0.717) is 42.5 Å². The van der Waals surface area contributed by atoms with Crippen LogP contribution in [0, 0.1) is 6.92 Å². The predicted molar refractivity (Wildman–Crippen MR) is 137 cm³/mol. The normalized spacial score (nSPS) is 15.1. The number of nitrogens with two attached hydrogens (primary N) is 1. The first kappa shape index (κ1) is 24.6. The summed E-state index contributed by atoms with van der Waals surface area (Å²) in [5, 5.41) is 0.606. The molecule has 188 valence electrons. The van der Waals surface area contributed by atoms with Crippen LogP contribution < -0.4 is 15.9 Å².